The molecule has 1 aliphatic rings. The van der Waals surface area contributed by atoms with Gasteiger partial charge in [-0.15, -0.1) is 0 Å². The second-order valence-electron chi connectivity index (χ2n) is 8.79. The number of hydrogen-bond acceptors (Lipinski definition) is 4. The third kappa shape index (κ3) is 4.92. The molecule has 0 bridgehead atoms. The van der Waals surface area contributed by atoms with Gasteiger partial charge in [-0.25, -0.2) is 4.79 Å². The second kappa shape index (κ2) is 10.8. The van der Waals surface area contributed by atoms with E-state index in [9.17, 15) is 14.4 Å². The molecular weight excluding hydrogens is 527 g/mol. The fourth-order valence-electron chi connectivity index (χ4n) is 4.51. The Kier molecular flexibility index (Phi) is 7.26. The van der Waals surface area contributed by atoms with Crippen LogP contribution < -0.4 is 15.7 Å². The molecule has 0 aliphatic carbocycles. The second-order valence-corrected chi connectivity index (χ2v) is 9.60. The number of nitrogens with one attached hydrogen (secondary N) is 1. The van der Waals surface area contributed by atoms with Gasteiger partial charge in [-0.3, -0.25) is 18.7 Å². The van der Waals surface area contributed by atoms with Crippen LogP contribution in [-0.2, 0) is 19.6 Å². The average Bonchev–Trinajstić information content (AvgIpc) is 3.25. The largest absolute Gasteiger partial charge is 0.497 e. The number of amides is 2. The predicted molar refractivity (Wildman–Crippen MR) is 145 cm³/mol. The van der Waals surface area contributed by atoms with Crippen molar-refractivity contribution in [2.45, 2.75) is 19.6 Å². The molecule has 0 unspecified atom stereocenters. The first-order valence-corrected chi connectivity index (χ1v) is 12.7. The first kappa shape index (κ1) is 25.6. The Balaban J connectivity index is 1.53. The number of aromatic nitrogens is 2. The van der Waals surface area contributed by atoms with E-state index in [0.717, 1.165) is 5.56 Å². The summed E-state index contributed by atoms with van der Waals surface area (Å²) >= 11 is 12.1. The van der Waals surface area contributed by atoms with Crippen LogP contribution in [0.15, 0.2) is 77.6 Å². The van der Waals surface area contributed by atoms with Crippen LogP contribution in [0.2, 0.25) is 10.0 Å². The number of carbonyl (C=O) groups is 2. The van der Waals surface area contributed by atoms with Crippen LogP contribution in [-0.4, -0.2) is 39.5 Å². The van der Waals surface area contributed by atoms with Gasteiger partial charge in [-0.2, -0.15) is 0 Å². The van der Waals surface area contributed by atoms with E-state index in [1.807, 2.05) is 30.3 Å². The Labute approximate surface area is 229 Å². The highest BCUT2D eigenvalue weighted by molar-refractivity contribution is 6.42. The van der Waals surface area contributed by atoms with Crippen molar-refractivity contribution >= 4 is 35.0 Å². The van der Waals surface area contributed by atoms with Crippen LogP contribution >= 0.6 is 23.2 Å². The minimum Gasteiger partial charge on any atom is -0.497 e. The SMILES string of the molecule is COc1ccc(-n2c(C(=O)NCc3ccccc3)c3n(c2=O)CCN(C(=O)c2ccc(Cl)c(Cl)c2)C3)cc1. The maximum atomic E-state index is 13.6. The van der Waals surface area contributed by atoms with Gasteiger partial charge in [0.25, 0.3) is 11.8 Å². The molecule has 0 spiro atoms. The molecule has 1 N–H and O–H groups in total. The monoisotopic (exact) mass is 550 g/mol. The molecule has 0 atom stereocenters. The maximum Gasteiger partial charge on any atom is 0.333 e. The fourth-order valence-corrected chi connectivity index (χ4v) is 4.81. The summed E-state index contributed by atoms with van der Waals surface area (Å²) in [7, 11) is 1.56. The zero-order valence-electron chi connectivity index (χ0n) is 20.5. The number of hydrogen-bond donors (Lipinski definition) is 1. The van der Waals surface area contributed by atoms with Gasteiger partial charge in [-0.05, 0) is 48.0 Å². The molecule has 0 saturated carbocycles. The van der Waals surface area contributed by atoms with Gasteiger partial charge in [0.1, 0.15) is 11.4 Å². The van der Waals surface area contributed by atoms with Crippen LogP contribution in [0.1, 0.15) is 32.1 Å². The Morgan fingerprint density at radius 3 is 2.37 bits per heavy atom. The highest BCUT2D eigenvalue weighted by atomic mass is 35.5. The lowest BCUT2D eigenvalue weighted by atomic mass is 10.1. The van der Waals surface area contributed by atoms with Crippen molar-refractivity contribution in [2.24, 2.45) is 0 Å². The molecule has 0 fully saturated rings. The van der Waals surface area contributed by atoms with E-state index in [0.29, 0.717) is 34.3 Å². The molecule has 10 heteroatoms. The van der Waals surface area contributed by atoms with E-state index in [2.05, 4.69) is 5.32 Å². The number of halogens is 2. The topological polar surface area (TPSA) is 85.6 Å². The van der Waals surface area contributed by atoms with Crippen molar-refractivity contribution in [2.75, 3.05) is 13.7 Å². The van der Waals surface area contributed by atoms with E-state index in [1.54, 1.807) is 53.0 Å². The quantitative estimate of drug-likeness (QED) is 0.382. The van der Waals surface area contributed by atoms with E-state index >= 15 is 0 Å². The first-order valence-electron chi connectivity index (χ1n) is 11.9. The number of rotatable bonds is 6. The van der Waals surface area contributed by atoms with Crippen molar-refractivity contribution in [1.29, 1.82) is 0 Å². The Bertz CT molecular complexity index is 1560. The summed E-state index contributed by atoms with van der Waals surface area (Å²) in [5.41, 5.74) is 2.10. The molecule has 8 nitrogen and oxygen atoms in total. The highest BCUT2D eigenvalue weighted by Crippen LogP contribution is 2.26. The number of fused-ring (bicyclic) bond motifs is 1. The number of nitrogens with zero attached hydrogens (tertiary/aromatic N) is 3. The minimum atomic E-state index is -0.417. The lowest BCUT2D eigenvalue weighted by molar-refractivity contribution is 0.0706. The Hall–Kier alpha value is -4.01. The van der Waals surface area contributed by atoms with Gasteiger partial charge in [-0.1, -0.05) is 53.5 Å². The molecular formula is C28H24Cl2N4O4. The van der Waals surface area contributed by atoms with Crippen LogP contribution in [0, 0.1) is 0 Å². The molecule has 0 saturated heterocycles. The van der Waals surface area contributed by atoms with Gasteiger partial charge in [0.2, 0.25) is 0 Å². The van der Waals surface area contributed by atoms with Gasteiger partial charge in [0.15, 0.2) is 0 Å². The summed E-state index contributed by atoms with van der Waals surface area (Å²) in [5, 5.41) is 3.56. The van der Waals surface area contributed by atoms with Gasteiger partial charge < -0.3 is 15.0 Å². The maximum absolute atomic E-state index is 13.6. The number of ether oxygens (including phenoxy) is 1. The average molecular weight is 551 g/mol. The van der Waals surface area contributed by atoms with E-state index in [1.165, 1.54) is 10.6 Å². The lowest BCUT2D eigenvalue weighted by Gasteiger charge is -2.28. The summed E-state index contributed by atoms with van der Waals surface area (Å²) in [6.07, 6.45) is 0. The summed E-state index contributed by atoms with van der Waals surface area (Å²) in [4.78, 5) is 42.1. The van der Waals surface area contributed by atoms with Crippen LogP contribution in [0.25, 0.3) is 5.69 Å². The molecule has 2 heterocycles. The molecule has 0 radical (unpaired) electrons. The van der Waals surface area contributed by atoms with Crippen molar-refractivity contribution < 1.29 is 14.3 Å². The first-order chi connectivity index (χ1) is 18.4. The van der Waals surface area contributed by atoms with Crippen LogP contribution in [0.5, 0.6) is 5.75 Å². The molecule has 38 heavy (non-hydrogen) atoms. The molecule has 1 aromatic heterocycles. The van der Waals surface area contributed by atoms with Gasteiger partial charge in [0, 0.05) is 25.2 Å². The van der Waals surface area contributed by atoms with Crippen molar-refractivity contribution in [3.8, 4) is 11.4 Å². The fraction of sp³-hybridized carbons (Fsp3) is 0.179. The minimum absolute atomic E-state index is 0.0750. The molecule has 1 aliphatic heterocycles. The van der Waals surface area contributed by atoms with E-state index in [-0.39, 0.29) is 41.9 Å². The summed E-state index contributed by atoms with van der Waals surface area (Å²) in [6.45, 7) is 0.894. The summed E-state index contributed by atoms with van der Waals surface area (Å²) in [5.74, 6) is -0.0614. The Morgan fingerprint density at radius 2 is 1.68 bits per heavy atom. The zero-order chi connectivity index (χ0) is 26.8. The normalized spacial score (nSPS) is 12.7. The number of benzene rings is 3. The summed E-state index contributed by atoms with van der Waals surface area (Å²) in [6, 6.07) is 21.1. The van der Waals surface area contributed by atoms with Crippen molar-refractivity contribution in [3.05, 3.63) is 116 Å². The third-order valence-electron chi connectivity index (χ3n) is 6.47. The third-order valence-corrected chi connectivity index (χ3v) is 7.21. The zero-order valence-corrected chi connectivity index (χ0v) is 22.0. The number of methoxy groups -OCH3 is 1. The highest BCUT2D eigenvalue weighted by Gasteiger charge is 2.32. The molecule has 194 valence electrons. The Morgan fingerprint density at radius 1 is 0.947 bits per heavy atom. The van der Waals surface area contributed by atoms with Crippen LogP contribution in [0.4, 0.5) is 0 Å². The molecule has 5 rings (SSSR count). The van der Waals surface area contributed by atoms with Crippen molar-refractivity contribution in [3.63, 3.8) is 0 Å². The molecule has 4 aromatic rings. The smallest absolute Gasteiger partial charge is 0.333 e. The number of imidazole rings is 1. The van der Waals surface area contributed by atoms with Gasteiger partial charge >= 0.3 is 5.69 Å². The number of carbonyl (C=O) groups excluding carboxylic acids is 2. The lowest BCUT2D eigenvalue weighted by Crippen LogP contribution is -2.41. The molecule has 3 aromatic carbocycles. The standard InChI is InChI=1S/C28H24Cl2N4O4/c1-38-21-10-8-20(9-11-21)34-25(26(35)31-16-18-5-3-2-4-6-18)24-17-32(13-14-33(24)28(34)37)27(36)19-7-12-22(29)23(30)15-19/h2-12,15H,13-14,16-17H2,1H3,(H,31,35). The van der Waals surface area contributed by atoms with E-state index in [4.69, 9.17) is 27.9 Å². The van der Waals surface area contributed by atoms with Gasteiger partial charge in [0.05, 0.1) is 35.1 Å². The summed E-state index contributed by atoms with van der Waals surface area (Å²) < 4.78 is 8.19. The molecule has 2 amide bonds. The van der Waals surface area contributed by atoms with Crippen molar-refractivity contribution in [1.82, 2.24) is 19.4 Å². The van der Waals surface area contributed by atoms with Crippen LogP contribution in [0.3, 0.4) is 0 Å². The predicted octanol–water partition coefficient (Wildman–Crippen LogP) is 4.54. The van der Waals surface area contributed by atoms with E-state index < -0.39 is 5.91 Å².